The number of nitrogens with one attached hydrogen (secondary N) is 1. The molecule has 2 rings (SSSR count). The number of carbonyl (C=O) groups is 2. The van der Waals surface area contributed by atoms with Gasteiger partial charge in [-0.3, -0.25) is 4.79 Å². The second-order valence-corrected chi connectivity index (χ2v) is 5.85. The predicted octanol–water partition coefficient (Wildman–Crippen LogP) is 0.424. The average molecular weight is 282 g/mol. The van der Waals surface area contributed by atoms with Crippen molar-refractivity contribution in [2.24, 2.45) is 10.2 Å². The van der Waals surface area contributed by atoms with Crippen molar-refractivity contribution in [1.82, 2.24) is 5.32 Å². The van der Waals surface area contributed by atoms with Crippen LogP contribution in [0.1, 0.15) is 44.9 Å². The first-order valence-electron chi connectivity index (χ1n) is 6.46. The number of amides is 1. The number of carboxylic acid groups (broad SMARTS) is 1. The van der Waals surface area contributed by atoms with Crippen LogP contribution in [0.3, 0.4) is 0 Å². The molecule has 1 saturated heterocycles. The Morgan fingerprint density at radius 3 is 2.58 bits per heavy atom. The minimum absolute atomic E-state index is 0.300. The van der Waals surface area contributed by atoms with Crippen molar-refractivity contribution < 1.29 is 14.7 Å². The standard InChI is InChI=1S/C12H17N3O3S/c16-10(17)7-9-11(18)13-12(19-9)15-14-8-5-3-1-2-4-6-8/h9H,1-7H2,(H,16,17)(H,13,15,18)/p-1/t9-/m0/s1. The third-order valence-electron chi connectivity index (χ3n) is 3.09. The number of hydrogen-bond acceptors (Lipinski definition) is 6. The molecule has 0 radical (unpaired) electrons. The van der Waals surface area contributed by atoms with Gasteiger partial charge in [-0.2, -0.15) is 5.10 Å². The highest BCUT2D eigenvalue weighted by Crippen LogP contribution is 2.22. The smallest absolute Gasteiger partial charge is 0.239 e. The van der Waals surface area contributed by atoms with Gasteiger partial charge in [0.25, 0.3) is 0 Å². The van der Waals surface area contributed by atoms with Gasteiger partial charge in [-0.25, -0.2) is 0 Å². The Bertz CT molecular complexity index is 424. The second-order valence-electron chi connectivity index (χ2n) is 4.66. The Balaban J connectivity index is 1.95. The number of aliphatic carboxylic acids is 1. The summed E-state index contributed by atoms with van der Waals surface area (Å²) >= 11 is 1.10. The molecule has 1 amide bonds. The molecule has 1 atom stereocenters. The van der Waals surface area contributed by atoms with E-state index in [1.165, 1.54) is 12.8 Å². The van der Waals surface area contributed by atoms with E-state index in [0.29, 0.717) is 5.17 Å². The number of thioether (sulfide) groups is 1. The van der Waals surface area contributed by atoms with E-state index in [1.807, 2.05) is 0 Å². The monoisotopic (exact) mass is 282 g/mol. The molecule has 0 spiro atoms. The highest BCUT2D eigenvalue weighted by atomic mass is 32.2. The maximum Gasteiger partial charge on any atom is 0.239 e. The molecular weight excluding hydrogens is 266 g/mol. The number of hydrogen-bond donors (Lipinski definition) is 1. The Labute approximate surface area is 115 Å². The number of nitrogens with zero attached hydrogens (tertiary/aromatic N) is 2. The Morgan fingerprint density at radius 1 is 1.26 bits per heavy atom. The molecular formula is C12H16N3O3S-. The Morgan fingerprint density at radius 2 is 1.95 bits per heavy atom. The molecule has 0 aromatic heterocycles. The number of carbonyl (C=O) groups excluding carboxylic acids is 2. The van der Waals surface area contributed by atoms with Crippen LogP contribution in [0.15, 0.2) is 10.2 Å². The lowest BCUT2D eigenvalue weighted by Gasteiger charge is -2.04. The van der Waals surface area contributed by atoms with Crippen molar-refractivity contribution >= 4 is 34.5 Å². The molecule has 0 bridgehead atoms. The molecule has 1 N–H and O–H groups in total. The summed E-state index contributed by atoms with van der Waals surface area (Å²) in [6.45, 7) is 0. The van der Waals surface area contributed by atoms with Gasteiger partial charge in [0.15, 0.2) is 5.17 Å². The predicted molar refractivity (Wildman–Crippen MR) is 71.7 cm³/mol. The summed E-state index contributed by atoms with van der Waals surface area (Å²) in [5.74, 6) is -1.57. The van der Waals surface area contributed by atoms with Crippen LogP contribution in [0.25, 0.3) is 0 Å². The molecule has 7 heteroatoms. The summed E-state index contributed by atoms with van der Waals surface area (Å²) < 4.78 is 0. The van der Waals surface area contributed by atoms with Gasteiger partial charge in [0.1, 0.15) is 0 Å². The van der Waals surface area contributed by atoms with Crippen molar-refractivity contribution in [1.29, 1.82) is 0 Å². The van der Waals surface area contributed by atoms with E-state index in [1.54, 1.807) is 0 Å². The maximum atomic E-state index is 11.5. The zero-order valence-electron chi connectivity index (χ0n) is 10.6. The van der Waals surface area contributed by atoms with Crippen molar-refractivity contribution in [3.63, 3.8) is 0 Å². The fraction of sp³-hybridized carbons (Fsp3) is 0.667. The third kappa shape index (κ3) is 4.34. The van der Waals surface area contributed by atoms with Crippen LogP contribution in [0.2, 0.25) is 0 Å². The first-order chi connectivity index (χ1) is 9.15. The van der Waals surface area contributed by atoms with Gasteiger partial charge in [-0.15, -0.1) is 5.10 Å². The summed E-state index contributed by atoms with van der Waals surface area (Å²) in [7, 11) is 0. The van der Waals surface area contributed by atoms with E-state index in [2.05, 4.69) is 15.5 Å². The van der Waals surface area contributed by atoms with Gasteiger partial charge < -0.3 is 15.2 Å². The molecule has 1 heterocycles. The lowest BCUT2D eigenvalue weighted by Crippen LogP contribution is -2.31. The lowest BCUT2D eigenvalue weighted by atomic mass is 10.2. The van der Waals surface area contributed by atoms with Gasteiger partial charge in [-0.1, -0.05) is 24.6 Å². The van der Waals surface area contributed by atoms with Gasteiger partial charge >= 0.3 is 0 Å². The van der Waals surface area contributed by atoms with Crippen LogP contribution in [0, 0.1) is 0 Å². The van der Waals surface area contributed by atoms with E-state index >= 15 is 0 Å². The summed E-state index contributed by atoms with van der Waals surface area (Å²) in [4.78, 5) is 22.0. The molecule has 6 nitrogen and oxygen atoms in total. The molecule has 0 aromatic carbocycles. The first-order valence-corrected chi connectivity index (χ1v) is 7.34. The van der Waals surface area contributed by atoms with Crippen molar-refractivity contribution in [2.45, 2.75) is 50.2 Å². The molecule has 2 aliphatic rings. The largest absolute Gasteiger partial charge is 0.550 e. The van der Waals surface area contributed by atoms with Crippen LogP contribution in [-0.4, -0.2) is 28.0 Å². The minimum Gasteiger partial charge on any atom is -0.550 e. The van der Waals surface area contributed by atoms with Crippen molar-refractivity contribution in [3.05, 3.63) is 0 Å². The normalized spacial score (nSPS) is 26.1. The quantitative estimate of drug-likeness (QED) is 0.599. The molecule has 0 unspecified atom stereocenters. The minimum atomic E-state index is -1.23. The average Bonchev–Trinajstić information content (AvgIpc) is 2.57. The summed E-state index contributed by atoms with van der Waals surface area (Å²) in [5.41, 5.74) is 1.06. The van der Waals surface area contributed by atoms with E-state index in [4.69, 9.17) is 0 Å². The van der Waals surface area contributed by atoms with Crippen molar-refractivity contribution in [3.8, 4) is 0 Å². The van der Waals surface area contributed by atoms with E-state index in [-0.39, 0.29) is 12.3 Å². The number of carboxylic acids is 1. The summed E-state index contributed by atoms with van der Waals surface area (Å²) in [6, 6.07) is 0. The SMILES string of the molecule is O=C([O-])C[C@@H]1S/C(=N/N=C2CCCCCC2)NC1=O. The molecule has 0 aromatic rings. The topological polar surface area (TPSA) is 93.9 Å². The van der Waals surface area contributed by atoms with Crippen LogP contribution >= 0.6 is 11.8 Å². The first kappa shape index (κ1) is 14.0. The summed E-state index contributed by atoms with van der Waals surface area (Å²) in [6.07, 6.45) is 6.35. The van der Waals surface area contributed by atoms with Gasteiger partial charge in [0.2, 0.25) is 5.91 Å². The highest BCUT2D eigenvalue weighted by molar-refractivity contribution is 8.15. The van der Waals surface area contributed by atoms with Crippen LogP contribution in [0.5, 0.6) is 0 Å². The van der Waals surface area contributed by atoms with Crippen molar-refractivity contribution in [2.75, 3.05) is 0 Å². The third-order valence-corrected chi connectivity index (χ3v) is 4.16. The fourth-order valence-electron chi connectivity index (χ4n) is 2.09. The molecule has 1 aliphatic carbocycles. The maximum absolute atomic E-state index is 11.5. The zero-order chi connectivity index (χ0) is 13.7. The Kier molecular flexibility index (Phi) is 4.95. The lowest BCUT2D eigenvalue weighted by molar-refractivity contribution is -0.305. The van der Waals surface area contributed by atoms with Crippen LogP contribution in [-0.2, 0) is 9.59 Å². The van der Waals surface area contributed by atoms with Crippen LogP contribution < -0.4 is 10.4 Å². The second kappa shape index (κ2) is 6.70. The number of amidine groups is 1. The van der Waals surface area contributed by atoms with Gasteiger partial charge in [0, 0.05) is 18.1 Å². The van der Waals surface area contributed by atoms with Gasteiger partial charge in [-0.05, 0) is 25.7 Å². The summed E-state index contributed by atoms with van der Waals surface area (Å²) in [5, 5.41) is 20.9. The Hall–Kier alpha value is -1.37. The molecule has 1 aliphatic heterocycles. The van der Waals surface area contributed by atoms with E-state index in [9.17, 15) is 14.7 Å². The molecule has 2 fully saturated rings. The molecule has 19 heavy (non-hydrogen) atoms. The van der Waals surface area contributed by atoms with E-state index in [0.717, 1.165) is 43.2 Å². The van der Waals surface area contributed by atoms with Gasteiger partial charge in [0.05, 0.1) is 5.25 Å². The zero-order valence-corrected chi connectivity index (χ0v) is 11.4. The highest BCUT2D eigenvalue weighted by Gasteiger charge is 2.30. The fourth-order valence-corrected chi connectivity index (χ4v) is 2.99. The van der Waals surface area contributed by atoms with E-state index < -0.39 is 11.2 Å². The number of rotatable bonds is 3. The van der Waals surface area contributed by atoms with Crippen LogP contribution in [0.4, 0.5) is 0 Å². The molecule has 104 valence electrons. The molecule has 1 saturated carbocycles.